The van der Waals surface area contributed by atoms with Crippen molar-refractivity contribution in [1.82, 2.24) is 29.5 Å². The highest BCUT2D eigenvalue weighted by molar-refractivity contribution is 7.89. The maximum absolute atomic E-state index is 13.7. The van der Waals surface area contributed by atoms with Gasteiger partial charge in [0.2, 0.25) is 10.0 Å². The maximum atomic E-state index is 13.7. The summed E-state index contributed by atoms with van der Waals surface area (Å²) in [6, 6.07) is 23.2. The van der Waals surface area contributed by atoms with Gasteiger partial charge in [0.15, 0.2) is 6.33 Å². The third kappa shape index (κ3) is 4.54. The lowest BCUT2D eigenvalue weighted by Crippen LogP contribution is -2.30. The van der Waals surface area contributed by atoms with Crippen molar-refractivity contribution >= 4 is 32.4 Å². The molecule has 0 aliphatic heterocycles. The molecule has 0 amide bonds. The van der Waals surface area contributed by atoms with Gasteiger partial charge in [-0.1, -0.05) is 48.0 Å². The van der Waals surface area contributed by atoms with Crippen LogP contribution in [0.3, 0.4) is 0 Å². The Labute approximate surface area is 201 Å². The van der Waals surface area contributed by atoms with Crippen molar-refractivity contribution in [3.8, 4) is 5.69 Å². The Morgan fingerprint density at radius 1 is 0.882 bits per heavy atom. The maximum Gasteiger partial charge on any atom is 0.243 e. The van der Waals surface area contributed by atoms with Gasteiger partial charge in [-0.05, 0) is 58.6 Å². The molecule has 0 aliphatic carbocycles. The Hall–Kier alpha value is -3.66. The minimum atomic E-state index is -3.84. The zero-order chi connectivity index (χ0) is 23.5. The predicted octanol–water partition coefficient (Wildman–Crippen LogP) is 4.26. The molecule has 3 aromatic carbocycles. The summed E-state index contributed by atoms with van der Waals surface area (Å²) in [5, 5.41) is 14.0. The molecule has 0 unspecified atom stereocenters. The van der Waals surface area contributed by atoms with E-state index in [0.717, 1.165) is 22.0 Å². The molecule has 5 aromatic rings. The van der Waals surface area contributed by atoms with Crippen LogP contribution in [0.1, 0.15) is 11.3 Å². The largest absolute Gasteiger partial charge is 0.259 e. The first kappa shape index (κ1) is 22.1. The lowest BCUT2D eigenvalue weighted by molar-refractivity contribution is 0.398. The standard InChI is InChI=1S/C24H19ClN6O2S/c25-20-7-11-22(12-8-20)34(32,33)30(16-24-23-4-2-1-3-19(23)13-14-26-24)15-18-5-9-21(10-6-18)31-28-17-27-29-31/h1-14,17H,15-16H2. The number of halogens is 1. The van der Waals surface area contributed by atoms with Crippen LogP contribution in [0.15, 0.2) is 96.3 Å². The number of fused-ring (bicyclic) bond motifs is 1. The van der Waals surface area contributed by atoms with Gasteiger partial charge in [0, 0.05) is 23.2 Å². The molecule has 5 rings (SSSR count). The van der Waals surface area contributed by atoms with Crippen molar-refractivity contribution < 1.29 is 8.42 Å². The fourth-order valence-electron chi connectivity index (χ4n) is 3.68. The van der Waals surface area contributed by atoms with Gasteiger partial charge in [0.1, 0.15) is 0 Å². The summed E-state index contributed by atoms with van der Waals surface area (Å²) in [5.41, 5.74) is 2.21. The van der Waals surface area contributed by atoms with E-state index in [0.29, 0.717) is 10.7 Å². The van der Waals surface area contributed by atoms with Crippen LogP contribution in [0.2, 0.25) is 5.02 Å². The Morgan fingerprint density at radius 2 is 1.65 bits per heavy atom. The lowest BCUT2D eigenvalue weighted by atomic mass is 10.1. The molecular formula is C24H19ClN6O2S. The van der Waals surface area contributed by atoms with Gasteiger partial charge in [-0.25, -0.2) is 8.42 Å². The summed E-state index contributed by atoms with van der Waals surface area (Å²) in [5.74, 6) is 0. The monoisotopic (exact) mass is 490 g/mol. The summed E-state index contributed by atoms with van der Waals surface area (Å²) in [4.78, 5) is 6.07. The van der Waals surface area contributed by atoms with E-state index in [2.05, 4.69) is 20.4 Å². The first-order chi connectivity index (χ1) is 16.5. The molecule has 0 saturated heterocycles. The fraction of sp³-hybridized carbons (Fsp3) is 0.0833. The fourth-order valence-corrected chi connectivity index (χ4v) is 5.20. The minimum absolute atomic E-state index is 0.110. The summed E-state index contributed by atoms with van der Waals surface area (Å²) >= 11 is 5.99. The highest BCUT2D eigenvalue weighted by Gasteiger charge is 2.26. The van der Waals surface area contributed by atoms with Crippen LogP contribution in [-0.2, 0) is 23.1 Å². The van der Waals surface area contributed by atoms with E-state index in [1.165, 1.54) is 27.6 Å². The van der Waals surface area contributed by atoms with Crippen LogP contribution < -0.4 is 0 Å². The topological polar surface area (TPSA) is 93.9 Å². The van der Waals surface area contributed by atoms with Crippen molar-refractivity contribution in [2.75, 3.05) is 0 Å². The van der Waals surface area contributed by atoms with E-state index in [4.69, 9.17) is 11.6 Å². The summed E-state index contributed by atoms with van der Waals surface area (Å²) < 4.78 is 28.8. The summed E-state index contributed by atoms with van der Waals surface area (Å²) in [6.07, 6.45) is 3.05. The third-order valence-corrected chi connectivity index (χ3v) is 7.47. The average Bonchev–Trinajstić information content (AvgIpc) is 3.40. The third-order valence-electron chi connectivity index (χ3n) is 5.41. The van der Waals surface area contributed by atoms with Crippen molar-refractivity contribution in [1.29, 1.82) is 0 Å². The van der Waals surface area contributed by atoms with Crippen LogP contribution in [0.4, 0.5) is 0 Å². The molecule has 0 bridgehead atoms. The Bertz CT molecular complexity index is 1520. The van der Waals surface area contributed by atoms with Gasteiger partial charge >= 0.3 is 0 Å². The predicted molar refractivity (Wildman–Crippen MR) is 129 cm³/mol. The van der Waals surface area contributed by atoms with E-state index < -0.39 is 10.0 Å². The number of sulfonamides is 1. The van der Waals surface area contributed by atoms with Crippen LogP contribution in [0.5, 0.6) is 0 Å². The van der Waals surface area contributed by atoms with E-state index in [-0.39, 0.29) is 18.0 Å². The minimum Gasteiger partial charge on any atom is -0.259 e. The first-order valence-electron chi connectivity index (χ1n) is 10.4. The highest BCUT2D eigenvalue weighted by atomic mass is 35.5. The molecule has 0 atom stereocenters. The molecule has 0 spiro atoms. The molecule has 0 N–H and O–H groups in total. The van der Waals surface area contributed by atoms with E-state index in [9.17, 15) is 8.42 Å². The Balaban J connectivity index is 1.52. The Kier molecular flexibility index (Phi) is 6.06. The molecule has 2 aromatic heterocycles. The normalized spacial score (nSPS) is 11.8. The van der Waals surface area contributed by atoms with Gasteiger partial charge in [0.25, 0.3) is 0 Å². The van der Waals surface area contributed by atoms with Crippen molar-refractivity contribution in [3.63, 3.8) is 0 Å². The second kappa shape index (κ2) is 9.30. The quantitative estimate of drug-likeness (QED) is 0.338. The lowest BCUT2D eigenvalue weighted by Gasteiger charge is -2.23. The van der Waals surface area contributed by atoms with Gasteiger partial charge in [-0.2, -0.15) is 4.31 Å². The number of benzene rings is 3. The molecule has 0 fully saturated rings. The van der Waals surface area contributed by atoms with Crippen LogP contribution >= 0.6 is 11.6 Å². The van der Waals surface area contributed by atoms with Gasteiger partial charge in [-0.3, -0.25) is 4.98 Å². The van der Waals surface area contributed by atoms with Crippen molar-refractivity contribution in [2.45, 2.75) is 18.0 Å². The number of hydrogen-bond acceptors (Lipinski definition) is 6. The highest BCUT2D eigenvalue weighted by Crippen LogP contribution is 2.25. The number of nitrogens with zero attached hydrogens (tertiary/aromatic N) is 6. The molecular weight excluding hydrogens is 472 g/mol. The van der Waals surface area contributed by atoms with Crippen LogP contribution in [0.25, 0.3) is 16.5 Å². The molecule has 0 radical (unpaired) electrons. The van der Waals surface area contributed by atoms with E-state index >= 15 is 0 Å². The molecule has 0 aliphatic rings. The van der Waals surface area contributed by atoms with Crippen LogP contribution in [0, 0.1) is 0 Å². The zero-order valence-corrected chi connectivity index (χ0v) is 19.4. The number of rotatable bonds is 7. The molecule has 10 heteroatoms. The van der Waals surface area contributed by atoms with Gasteiger partial charge in [-0.15, -0.1) is 15.0 Å². The number of pyridine rings is 1. The van der Waals surface area contributed by atoms with Gasteiger partial charge in [0.05, 0.1) is 22.8 Å². The van der Waals surface area contributed by atoms with Gasteiger partial charge < -0.3 is 0 Å². The van der Waals surface area contributed by atoms with Crippen LogP contribution in [-0.4, -0.2) is 37.9 Å². The van der Waals surface area contributed by atoms with E-state index in [1.54, 1.807) is 18.3 Å². The molecule has 0 saturated carbocycles. The average molecular weight is 491 g/mol. The SMILES string of the molecule is O=S(=O)(c1ccc(Cl)cc1)N(Cc1ccc(-n2ncnn2)cc1)Cc1nccc2ccccc12. The molecule has 8 nitrogen and oxygen atoms in total. The second-order valence-electron chi connectivity index (χ2n) is 7.60. The molecule has 34 heavy (non-hydrogen) atoms. The number of tetrazole rings is 1. The number of aromatic nitrogens is 5. The second-order valence-corrected chi connectivity index (χ2v) is 9.97. The molecule has 170 valence electrons. The van der Waals surface area contributed by atoms with Crippen molar-refractivity contribution in [3.05, 3.63) is 108 Å². The van der Waals surface area contributed by atoms with E-state index in [1.807, 2.05) is 54.6 Å². The molecule has 2 heterocycles. The Morgan fingerprint density at radius 3 is 2.38 bits per heavy atom. The first-order valence-corrected chi connectivity index (χ1v) is 12.2. The smallest absolute Gasteiger partial charge is 0.243 e. The van der Waals surface area contributed by atoms with Crippen molar-refractivity contribution in [2.24, 2.45) is 0 Å². The zero-order valence-electron chi connectivity index (χ0n) is 17.9. The summed E-state index contributed by atoms with van der Waals surface area (Å²) in [7, 11) is -3.84. The number of hydrogen-bond donors (Lipinski definition) is 0. The summed E-state index contributed by atoms with van der Waals surface area (Å²) in [6.45, 7) is 0.264.